The Labute approximate surface area is 154 Å². The topological polar surface area (TPSA) is 68.3 Å². The summed E-state index contributed by atoms with van der Waals surface area (Å²) in [5.41, 5.74) is 2.98. The van der Waals surface area contributed by atoms with Crippen LogP contribution in [0.15, 0.2) is 48.2 Å². The summed E-state index contributed by atoms with van der Waals surface area (Å²) < 4.78 is 3.61. The van der Waals surface area contributed by atoms with Gasteiger partial charge in [-0.25, -0.2) is 9.50 Å². The zero-order valence-corrected chi connectivity index (χ0v) is 15.3. The number of rotatable bonds is 5. The van der Waals surface area contributed by atoms with Crippen molar-refractivity contribution in [1.29, 1.82) is 0 Å². The molecule has 0 saturated heterocycles. The number of nitrogens with zero attached hydrogens (tertiary/aromatic N) is 6. The third kappa shape index (κ3) is 2.78. The molecule has 4 rings (SSSR count). The summed E-state index contributed by atoms with van der Waals surface area (Å²) in [6, 6.07) is 7.85. The molecule has 0 aliphatic carbocycles. The van der Waals surface area contributed by atoms with Crippen LogP contribution in [-0.2, 0) is 13.1 Å². The number of aryl methyl sites for hydroxylation is 1. The predicted octanol–water partition coefficient (Wildman–Crippen LogP) is 2.95. The molecule has 0 N–H and O–H groups in total. The van der Waals surface area contributed by atoms with Crippen molar-refractivity contribution in [3.63, 3.8) is 0 Å². The van der Waals surface area contributed by atoms with Crippen LogP contribution in [0.3, 0.4) is 0 Å². The van der Waals surface area contributed by atoms with Gasteiger partial charge >= 0.3 is 0 Å². The number of carbonyl (C=O) groups is 1. The van der Waals surface area contributed by atoms with Crippen molar-refractivity contribution < 1.29 is 4.79 Å². The Morgan fingerprint density at radius 2 is 2.12 bits per heavy atom. The van der Waals surface area contributed by atoms with E-state index in [2.05, 4.69) is 15.2 Å². The van der Waals surface area contributed by atoms with E-state index >= 15 is 0 Å². The molecule has 4 heterocycles. The maximum atomic E-state index is 12.9. The first-order valence-electron chi connectivity index (χ1n) is 8.31. The van der Waals surface area contributed by atoms with Gasteiger partial charge in [0.05, 0.1) is 29.0 Å². The number of hydrogen-bond acceptors (Lipinski definition) is 5. The van der Waals surface area contributed by atoms with Crippen LogP contribution in [0.2, 0.25) is 0 Å². The molecule has 7 nitrogen and oxygen atoms in total. The molecule has 1 amide bonds. The lowest BCUT2D eigenvalue weighted by atomic mass is 10.2. The molecule has 4 aromatic rings. The van der Waals surface area contributed by atoms with Gasteiger partial charge < -0.3 is 4.90 Å². The second kappa shape index (κ2) is 6.72. The Bertz CT molecular complexity index is 1050. The van der Waals surface area contributed by atoms with Crippen molar-refractivity contribution >= 4 is 22.9 Å². The molecule has 0 aliphatic rings. The summed E-state index contributed by atoms with van der Waals surface area (Å²) in [5.74, 6) is -0.111. The van der Waals surface area contributed by atoms with Crippen LogP contribution in [0, 0.1) is 0 Å². The van der Waals surface area contributed by atoms with Gasteiger partial charge in [-0.05, 0) is 30.5 Å². The van der Waals surface area contributed by atoms with Crippen molar-refractivity contribution in [3.05, 3.63) is 59.5 Å². The van der Waals surface area contributed by atoms with Gasteiger partial charge in [0.2, 0.25) is 0 Å². The minimum absolute atomic E-state index is 0.111. The Hall–Kier alpha value is -3.00. The molecule has 0 unspecified atom stereocenters. The smallest absolute Gasteiger partial charge is 0.259 e. The van der Waals surface area contributed by atoms with Crippen LogP contribution in [0.1, 0.15) is 23.0 Å². The fourth-order valence-corrected chi connectivity index (χ4v) is 3.69. The molecule has 0 atom stereocenters. The Kier molecular flexibility index (Phi) is 4.26. The minimum atomic E-state index is -0.111. The quantitative estimate of drug-likeness (QED) is 0.545. The van der Waals surface area contributed by atoms with E-state index in [0.29, 0.717) is 17.8 Å². The Morgan fingerprint density at radius 1 is 1.23 bits per heavy atom. The summed E-state index contributed by atoms with van der Waals surface area (Å²) in [6.07, 6.45) is 5.06. The first-order chi connectivity index (χ1) is 12.7. The predicted molar refractivity (Wildman–Crippen MR) is 100.0 cm³/mol. The molecule has 0 spiro atoms. The van der Waals surface area contributed by atoms with Crippen molar-refractivity contribution in [2.75, 3.05) is 7.05 Å². The molecular weight excluding hydrogens is 348 g/mol. The Balaban J connectivity index is 1.66. The van der Waals surface area contributed by atoms with Gasteiger partial charge in [0.1, 0.15) is 5.56 Å². The monoisotopic (exact) mass is 366 g/mol. The number of thiophene rings is 1. The summed E-state index contributed by atoms with van der Waals surface area (Å²) in [6.45, 7) is 3.28. The van der Waals surface area contributed by atoms with E-state index in [1.807, 2.05) is 41.3 Å². The molecule has 8 heteroatoms. The fourth-order valence-electron chi connectivity index (χ4n) is 2.95. The van der Waals surface area contributed by atoms with Gasteiger partial charge in [-0.2, -0.15) is 10.2 Å². The number of carbonyl (C=O) groups excluding carboxylic acids is 1. The summed E-state index contributed by atoms with van der Waals surface area (Å²) in [4.78, 5) is 20.1. The van der Waals surface area contributed by atoms with E-state index in [9.17, 15) is 4.79 Å². The maximum Gasteiger partial charge on any atom is 0.259 e. The molecule has 0 saturated carbocycles. The average molecular weight is 366 g/mol. The highest BCUT2D eigenvalue weighted by Gasteiger charge is 2.20. The molecule has 4 aromatic heterocycles. The van der Waals surface area contributed by atoms with Crippen molar-refractivity contribution in [3.8, 4) is 10.6 Å². The molecule has 0 radical (unpaired) electrons. The number of hydrogen-bond donors (Lipinski definition) is 0. The first kappa shape index (κ1) is 16.5. The number of amides is 1. The van der Waals surface area contributed by atoms with Gasteiger partial charge in [0, 0.05) is 26.0 Å². The van der Waals surface area contributed by atoms with Crippen molar-refractivity contribution in [1.82, 2.24) is 29.3 Å². The fraction of sp³-hybridized carbons (Fsp3) is 0.222. The van der Waals surface area contributed by atoms with Gasteiger partial charge in [0.15, 0.2) is 5.65 Å². The molecule has 0 aromatic carbocycles. The zero-order valence-electron chi connectivity index (χ0n) is 14.5. The highest BCUT2D eigenvalue weighted by atomic mass is 32.1. The highest BCUT2D eigenvalue weighted by Crippen LogP contribution is 2.25. The highest BCUT2D eigenvalue weighted by molar-refractivity contribution is 7.13. The van der Waals surface area contributed by atoms with E-state index in [1.165, 1.54) is 0 Å². The van der Waals surface area contributed by atoms with E-state index in [1.54, 1.807) is 46.4 Å². The lowest BCUT2D eigenvalue weighted by Gasteiger charge is -2.17. The molecule has 132 valence electrons. The SMILES string of the molecule is CCn1nccc1CN(C)C(=O)c1cnn2c(-c3cccs3)ccnc12. The molecule has 0 fully saturated rings. The lowest BCUT2D eigenvalue weighted by Crippen LogP contribution is -2.27. The summed E-state index contributed by atoms with van der Waals surface area (Å²) in [7, 11) is 1.78. The van der Waals surface area contributed by atoms with Gasteiger partial charge in [-0.1, -0.05) is 6.07 Å². The maximum absolute atomic E-state index is 12.9. The third-order valence-electron chi connectivity index (χ3n) is 4.26. The first-order valence-corrected chi connectivity index (χ1v) is 9.19. The molecule has 26 heavy (non-hydrogen) atoms. The van der Waals surface area contributed by atoms with E-state index in [4.69, 9.17) is 0 Å². The largest absolute Gasteiger partial charge is 0.336 e. The third-order valence-corrected chi connectivity index (χ3v) is 5.15. The summed E-state index contributed by atoms with van der Waals surface area (Å²) in [5, 5.41) is 10.7. The van der Waals surface area contributed by atoms with Crippen LogP contribution < -0.4 is 0 Å². The van der Waals surface area contributed by atoms with Crippen LogP contribution in [0.25, 0.3) is 16.2 Å². The van der Waals surface area contributed by atoms with Crippen LogP contribution in [0.4, 0.5) is 0 Å². The Morgan fingerprint density at radius 3 is 2.88 bits per heavy atom. The van der Waals surface area contributed by atoms with E-state index in [0.717, 1.165) is 22.8 Å². The van der Waals surface area contributed by atoms with Crippen LogP contribution in [-0.4, -0.2) is 42.2 Å². The number of fused-ring (bicyclic) bond motifs is 1. The molecule has 0 aliphatic heterocycles. The normalized spacial score (nSPS) is 11.2. The van der Waals surface area contributed by atoms with Gasteiger partial charge in [-0.15, -0.1) is 11.3 Å². The summed E-state index contributed by atoms with van der Waals surface area (Å²) >= 11 is 1.63. The van der Waals surface area contributed by atoms with Gasteiger partial charge in [0.25, 0.3) is 5.91 Å². The average Bonchev–Trinajstić information content (AvgIpc) is 3.40. The minimum Gasteiger partial charge on any atom is -0.336 e. The van der Waals surface area contributed by atoms with Crippen molar-refractivity contribution in [2.45, 2.75) is 20.0 Å². The van der Waals surface area contributed by atoms with Crippen LogP contribution >= 0.6 is 11.3 Å². The second-order valence-electron chi connectivity index (χ2n) is 5.90. The lowest BCUT2D eigenvalue weighted by molar-refractivity contribution is 0.0783. The van der Waals surface area contributed by atoms with E-state index < -0.39 is 0 Å². The zero-order chi connectivity index (χ0) is 18.1. The molecule has 0 bridgehead atoms. The van der Waals surface area contributed by atoms with Crippen LogP contribution in [0.5, 0.6) is 0 Å². The van der Waals surface area contributed by atoms with E-state index in [-0.39, 0.29) is 5.91 Å². The second-order valence-corrected chi connectivity index (χ2v) is 6.85. The van der Waals surface area contributed by atoms with Crippen molar-refractivity contribution in [2.24, 2.45) is 0 Å². The standard InChI is InChI=1S/C18H18N6OS/c1-3-23-13(6-9-20-23)12-22(2)18(25)14-11-21-24-15(7-8-19-17(14)24)16-5-4-10-26-16/h4-11H,3,12H2,1-2H3. The molecular formula is C18H18N6OS. The number of aromatic nitrogens is 5. The van der Waals surface area contributed by atoms with Gasteiger partial charge in [-0.3, -0.25) is 9.48 Å².